The molecule has 46 valence electrons. The predicted molar refractivity (Wildman–Crippen MR) is 33.9 cm³/mol. The van der Waals surface area contributed by atoms with E-state index >= 15 is 0 Å². The molecule has 0 amide bonds. The first-order chi connectivity index (χ1) is 4.29. The molecular formula is C6H4O2S. The van der Waals surface area contributed by atoms with Crippen LogP contribution in [-0.2, 0) is 9.59 Å². The highest BCUT2D eigenvalue weighted by atomic mass is 32.2. The summed E-state index contributed by atoms with van der Waals surface area (Å²) in [7, 11) is 0. The van der Waals surface area contributed by atoms with Crippen LogP contribution in [0.5, 0.6) is 0 Å². The van der Waals surface area contributed by atoms with Gasteiger partial charge in [0, 0.05) is 10.5 Å². The molecule has 1 aliphatic heterocycles. The van der Waals surface area contributed by atoms with Gasteiger partial charge in [0.25, 0.3) is 5.12 Å². The molecule has 0 bridgehead atoms. The second-order valence-electron chi connectivity index (χ2n) is 2.12. The van der Waals surface area contributed by atoms with Gasteiger partial charge in [0.2, 0.25) is 5.78 Å². The first-order valence-corrected chi connectivity index (χ1v) is 3.59. The summed E-state index contributed by atoms with van der Waals surface area (Å²) in [5, 5.41) is -0.280. The van der Waals surface area contributed by atoms with Crippen LogP contribution in [0.3, 0.4) is 0 Å². The molecule has 3 heteroatoms. The molecule has 0 saturated carbocycles. The molecule has 2 nitrogen and oxygen atoms in total. The van der Waals surface area contributed by atoms with E-state index in [0.29, 0.717) is 0 Å². The van der Waals surface area contributed by atoms with Crippen LogP contribution in [0.4, 0.5) is 0 Å². The summed E-state index contributed by atoms with van der Waals surface area (Å²) < 4.78 is 0. The standard InChI is InChI=1S/C6H4O2S/c7-5-3-1-2-4(3)9-6(5)8/h1-2H2. The molecule has 2 aliphatic rings. The summed E-state index contributed by atoms with van der Waals surface area (Å²) in [5.41, 5.74) is 0.782. The minimum atomic E-state index is -0.280. The quantitative estimate of drug-likeness (QED) is 0.468. The van der Waals surface area contributed by atoms with Gasteiger partial charge in [-0.1, -0.05) is 0 Å². The molecular weight excluding hydrogens is 136 g/mol. The van der Waals surface area contributed by atoms with E-state index in [2.05, 4.69) is 0 Å². The van der Waals surface area contributed by atoms with Crippen LogP contribution in [0.2, 0.25) is 0 Å². The lowest BCUT2D eigenvalue weighted by Gasteiger charge is -2.10. The van der Waals surface area contributed by atoms with E-state index < -0.39 is 0 Å². The molecule has 0 unspecified atom stereocenters. The predicted octanol–water partition coefficient (Wildman–Crippen LogP) is 0.877. The fourth-order valence-corrected chi connectivity index (χ4v) is 1.95. The fraction of sp³-hybridized carbons (Fsp3) is 0.333. The summed E-state index contributed by atoms with van der Waals surface area (Å²) >= 11 is 1.11. The van der Waals surface area contributed by atoms with Gasteiger partial charge in [-0.15, -0.1) is 0 Å². The van der Waals surface area contributed by atoms with Crippen molar-refractivity contribution >= 4 is 22.7 Å². The zero-order valence-electron chi connectivity index (χ0n) is 4.64. The Morgan fingerprint density at radius 1 is 1.22 bits per heavy atom. The third-order valence-electron chi connectivity index (χ3n) is 1.61. The molecule has 0 atom stereocenters. The molecule has 0 aromatic carbocycles. The SMILES string of the molecule is O=C1SC2=C(CC2)C1=O. The molecule has 2 rings (SSSR count). The van der Waals surface area contributed by atoms with E-state index in [4.69, 9.17) is 0 Å². The van der Waals surface area contributed by atoms with E-state index in [9.17, 15) is 9.59 Å². The zero-order valence-corrected chi connectivity index (χ0v) is 5.46. The summed E-state index contributed by atoms with van der Waals surface area (Å²) in [4.78, 5) is 22.4. The maximum absolute atomic E-state index is 10.7. The molecule has 9 heavy (non-hydrogen) atoms. The maximum atomic E-state index is 10.7. The highest BCUT2D eigenvalue weighted by Gasteiger charge is 2.36. The van der Waals surface area contributed by atoms with Crippen molar-refractivity contribution in [3.63, 3.8) is 0 Å². The van der Waals surface area contributed by atoms with Crippen molar-refractivity contribution in [3.8, 4) is 0 Å². The normalized spacial score (nSPS) is 24.4. The van der Waals surface area contributed by atoms with E-state index in [0.717, 1.165) is 35.1 Å². The summed E-state index contributed by atoms with van der Waals surface area (Å²) in [6.07, 6.45) is 1.77. The summed E-state index contributed by atoms with van der Waals surface area (Å²) in [6, 6.07) is 0. The van der Waals surface area contributed by atoms with Gasteiger partial charge in [-0.25, -0.2) is 0 Å². The second kappa shape index (κ2) is 1.48. The smallest absolute Gasteiger partial charge is 0.264 e. The number of allylic oxidation sites excluding steroid dienone is 2. The molecule has 1 aliphatic carbocycles. The van der Waals surface area contributed by atoms with Gasteiger partial charge >= 0.3 is 0 Å². The largest absolute Gasteiger partial charge is 0.285 e. The molecule has 1 heterocycles. The van der Waals surface area contributed by atoms with Crippen molar-refractivity contribution in [2.75, 3.05) is 0 Å². The van der Waals surface area contributed by atoms with Gasteiger partial charge < -0.3 is 0 Å². The second-order valence-corrected chi connectivity index (χ2v) is 3.19. The average molecular weight is 140 g/mol. The lowest BCUT2D eigenvalue weighted by molar-refractivity contribution is -0.129. The van der Waals surface area contributed by atoms with Gasteiger partial charge in [-0.05, 0) is 24.6 Å². The molecule has 0 aromatic heterocycles. The van der Waals surface area contributed by atoms with Crippen LogP contribution < -0.4 is 0 Å². The van der Waals surface area contributed by atoms with Gasteiger partial charge in [-0.2, -0.15) is 0 Å². The Labute approximate surface area is 56.3 Å². The van der Waals surface area contributed by atoms with Crippen molar-refractivity contribution in [2.45, 2.75) is 12.8 Å². The lowest BCUT2D eigenvalue weighted by atomic mass is 9.96. The van der Waals surface area contributed by atoms with Crippen molar-refractivity contribution in [1.29, 1.82) is 0 Å². The zero-order chi connectivity index (χ0) is 6.43. The monoisotopic (exact) mass is 140 g/mol. The van der Waals surface area contributed by atoms with Gasteiger partial charge in [0.15, 0.2) is 0 Å². The molecule has 0 fully saturated rings. The van der Waals surface area contributed by atoms with Crippen LogP contribution >= 0.6 is 11.8 Å². The minimum Gasteiger partial charge on any atom is -0.285 e. The van der Waals surface area contributed by atoms with Crippen LogP contribution in [0.1, 0.15) is 12.8 Å². The highest BCUT2D eigenvalue weighted by Crippen LogP contribution is 2.43. The molecule has 0 aromatic rings. The Balaban J connectivity index is 2.44. The van der Waals surface area contributed by atoms with Crippen molar-refractivity contribution in [3.05, 3.63) is 10.5 Å². The Bertz CT molecular complexity index is 237. The van der Waals surface area contributed by atoms with E-state index in [1.807, 2.05) is 0 Å². The number of thioether (sulfide) groups is 1. The first kappa shape index (κ1) is 5.23. The Morgan fingerprint density at radius 3 is 2.22 bits per heavy atom. The van der Waals surface area contributed by atoms with Crippen LogP contribution in [0.15, 0.2) is 10.5 Å². The number of carbonyl (C=O) groups is 2. The van der Waals surface area contributed by atoms with Crippen LogP contribution in [0, 0.1) is 0 Å². The Morgan fingerprint density at radius 2 is 2.00 bits per heavy atom. The number of hydrogen-bond acceptors (Lipinski definition) is 3. The van der Waals surface area contributed by atoms with Gasteiger partial charge in [-0.3, -0.25) is 9.59 Å². The summed E-state index contributed by atoms with van der Waals surface area (Å²) in [5.74, 6) is -0.249. The van der Waals surface area contributed by atoms with Gasteiger partial charge in [0.05, 0.1) is 0 Å². The van der Waals surface area contributed by atoms with Crippen LogP contribution in [0.25, 0.3) is 0 Å². The fourth-order valence-electron chi connectivity index (χ4n) is 0.986. The number of Topliss-reactive ketones (excluding diaryl/α,β-unsaturated/α-hetero) is 1. The third-order valence-corrected chi connectivity index (χ3v) is 2.68. The van der Waals surface area contributed by atoms with Crippen LogP contribution in [-0.4, -0.2) is 10.9 Å². The Hall–Kier alpha value is -0.570. The summed E-state index contributed by atoms with van der Waals surface area (Å²) in [6.45, 7) is 0. The van der Waals surface area contributed by atoms with Crippen molar-refractivity contribution in [1.82, 2.24) is 0 Å². The molecule has 0 saturated heterocycles. The number of ketones is 1. The van der Waals surface area contributed by atoms with Crippen molar-refractivity contribution in [2.24, 2.45) is 0 Å². The van der Waals surface area contributed by atoms with E-state index in [-0.39, 0.29) is 10.9 Å². The van der Waals surface area contributed by atoms with E-state index in [1.54, 1.807) is 0 Å². The Kier molecular flexibility index (Phi) is 0.858. The number of hydrogen-bond donors (Lipinski definition) is 0. The molecule has 0 N–H and O–H groups in total. The molecule has 0 spiro atoms. The lowest BCUT2D eigenvalue weighted by Crippen LogP contribution is -2.08. The first-order valence-electron chi connectivity index (χ1n) is 2.77. The van der Waals surface area contributed by atoms with Gasteiger partial charge in [0.1, 0.15) is 0 Å². The maximum Gasteiger partial charge on any atom is 0.264 e. The molecule has 0 radical (unpaired) electrons. The van der Waals surface area contributed by atoms with Crippen molar-refractivity contribution < 1.29 is 9.59 Å². The highest BCUT2D eigenvalue weighted by molar-refractivity contribution is 8.19. The average Bonchev–Trinajstić information content (AvgIpc) is 1.92. The number of rotatable bonds is 0. The topological polar surface area (TPSA) is 34.1 Å². The third kappa shape index (κ3) is 0.525. The number of carbonyl (C=O) groups excluding carboxylic acids is 2. The minimum absolute atomic E-state index is 0.249. The van der Waals surface area contributed by atoms with E-state index in [1.165, 1.54) is 0 Å².